The lowest BCUT2D eigenvalue weighted by atomic mass is 10.1. The maximum atomic E-state index is 12.7. The van der Waals surface area contributed by atoms with Gasteiger partial charge >= 0.3 is 5.97 Å². The predicted octanol–water partition coefficient (Wildman–Crippen LogP) is 0.911. The van der Waals surface area contributed by atoms with Crippen molar-refractivity contribution in [1.82, 2.24) is 14.9 Å². The maximum Gasteiger partial charge on any atom is 0.341 e. The van der Waals surface area contributed by atoms with Crippen molar-refractivity contribution in [2.75, 3.05) is 44.8 Å². The van der Waals surface area contributed by atoms with Crippen LogP contribution in [0.4, 0.5) is 5.95 Å². The molecule has 0 saturated carbocycles. The molecule has 0 bridgehead atoms. The predicted molar refractivity (Wildman–Crippen MR) is 96.3 cm³/mol. The number of aromatic nitrogens is 2. The number of carbonyl (C=O) groups is 2. The molecular formula is C18H20N4O5. The van der Waals surface area contributed by atoms with Crippen molar-refractivity contribution in [2.24, 2.45) is 0 Å². The quantitative estimate of drug-likeness (QED) is 0.798. The zero-order chi connectivity index (χ0) is 19.2. The summed E-state index contributed by atoms with van der Waals surface area (Å²) < 4.78 is 10.3. The van der Waals surface area contributed by atoms with Crippen LogP contribution in [-0.2, 0) is 4.79 Å². The van der Waals surface area contributed by atoms with Crippen molar-refractivity contribution in [2.45, 2.75) is 0 Å². The van der Waals surface area contributed by atoms with Crippen LogP contribution in [0.1, 0.15) is 10.4 Å². The first-order valence-corrected chi connectivity index (χ1v) is 8.43. The molecule has 1 fully saturated rings. The number of carboxylic acids is 1. The van der Waals surface area contributed by atoms with E-state index in [1.807, 2.05) is 4.90 Å². The van der Waals surface area contributed by atoms with Crippen molar-refractivity contribution < 1.29 is 24.2 Å². The molecule has 0 spiro atoms. The Kier molecular flexibility index (Phi) is 5.70. The largest absolute Gasteiger partial charge is 0.482 e. The van der Waals surface area contributed by atoms with Crippen molar-refractivity contribution in [3.8, 4) is 11.6 Å². The molecule has 0 unspecified atom stereocenters. The Balaban J connectivity index is 1.61. The van der Waals surface area contributed by atoms with E-state index in [0.717, 1.165) is 0 Å². The fourth-order valence-electron chi connectivity index (χ4n) is 2.75. The summed E-state index contributed by atoms with van der Waals surface area (Å²) in [5, 5.41) is 8.69. The van der Waals surface area contributed by atoms with Gasteiger partial charge in [0.1, 0.15) is 5.75 Å². The van der Waals surface area contributed by atoms with E-state index in [9.17, 15) is 9.59 Å². The minimum atomic E-state index is -1.07. The van der Waals surface area contributed by atoms with Gasteiger partial charge in [0.2, 0.25) is 11.8 Å². The van der Waals surface area contributed by atoms with E-state index in [-0.39, 0.29) is 5.91 Å². The van der Waals surface area contributed by atoms with Gasteiger partial charge in [-0.25, -0.2) is 9.78 Å². The maximum absolute atomic E-state index is 12.7. The minimum absolute atomic E-state index is 0.123. The van der Waals surface area contributed by atoms with E-state index < -0.39 is 12.6 Å². The molecule has 2 aromatic rings. The molecule has 1 amide bonds. The number of benzene rings is 1. The number of carboxylic acid groups (broad SMARTS) is 1. The third kappa shape index (κ3) is 4.63. The molecule has 1 saturated heterocycles. The van der Waals surface area contributed by atoms with Gasteiger partial charge in [-0.05, 0) is 18.2 Å². The molecule has 1 aromatic heterocycles. The number of anilines is 1. The molecule has 142 valence electrons. The zero-order valence-corrected chi connectivity index (χ0v) is 14.9. The van der Waals surface area contributed by atoms with Crippen LogP contribution in [0.2, 0.25) is 0 Å². The van der Waals surface area contributed by atoms with Gasteiger partial charge in [-0.3, -0.25) is 4.79 Å². The minimum Gasteiger partial charge on any atom is -0.482 e. The Morgan fingerprint density at radius 3 is 2.67 bits per heavy atom. The van der Waals surface area contributed by atoms with E-state index >= 15 is 0 Å². The number of piperazine rings is 1. The van der Waals surface area contributed by atoms with E-state index in [1.54, 1.807) is 48.5 Å². The van der Waals surface area contributed by atoms with Crippen LogP contribution in [0.25, 0.3) is 0 Å². The number of aliphatic carboxylic acids is 1. The Labute approximate surface area is 156 Å². The van der Waals surface area contributed by atoms with Crippen LogP contribution in [0.5, 0.6) is 11.6 Å². The first-order valence-electron chi connectivity index (χ1n) is 8.43. The van der Waals surface area contributed by atoms with Crippen molar-refractivity contribution >= 4 is 17.8 Å². The molecule has 0 radical (unpaired) electrons. The van der Waals surface area contributed by atoms with Gasteiger partial charge in [-0.1, -0.05) is 6.07 Å². The van der Waals surface area contributed by atoms with Crippen molar-refractivity contribution in [3.05, 3.63) is 42.1 Å². The van der Waals surface area contributed by atoms with Crippen molar-refractivity contribution in [3.63, 3.8) is 0 Å². The van der Waals surface area contributed by atoms with Gasteiger partial charge in [-0.2, -0.15) is 4.98 Å². The van der Waals surface area contributed by atoms with E-state index in [4.69, 9.17) is 14.6 Å². The summed E-state index contributed by atoms with van der Waals surface area (Å²) in [6, 6.07) is 8.22. The second kappa shape index (κ2) is 8.35. The summed E-state index contributed by atoms with van der Waals surface area (Å²) in [5.41, 5.74) is 0.462. The number of rotatable bonds is 6. The third-order valence-corrected chi connectivity index (χ3v) is 4.12. The zero-order valence-electron chi connectivity index (χ0n) is 14.9. The fraction of sp³-hybridized carbons (Fsp3) is 0.333. The first-order chi connectivity index (χ1) is 13.1. The number of carbonyl (C=O) groups excluding carboxylic acids is 1. The highest BCUT2D eigenvalue weighted by Gasteiger charge is 2.24. The Hall–Kier alpha value is -3.36. The second-order valence-electron chi connectivity index (χ2n) is 5.89. The summed E-state index contributed by atoms with van der Waals surface area (Å²) in [7, 11) is 1.55. The van der Waals surface area contributed by atoms with Crippen LogP contribution in [0.15, 0.2) is 36.5 Å². The lowest BCUT2D eigenvalue weighted by molar-refractivity contribution is -0.139. The molecule has 3 rings (SSSR count). The normalized spacial score (nSPS) is 14.0. The van der Waals surface area contributed by atoms with Gasteiger partial charge in [0.15, 0.2) is 6.61 Å². The van der Waals surface area contributed by atoms with Crippen LogP contribution in [-0.4, -0.2) is 71.7 Å². The second-order valence-corrected chi connectivity index (χ2v) is 5.89. The number of hydrogen-bond acceptors (Lipinski definition) is 7. The van der Waals surface area contributed by atoms with Crippen LogP contribution >= 0.6 is 0 Å². The van der Waals surface area contributed by atoms with Gasteiger partial charge in [0.05, 0.1) is 7.11 Å². The van der Waals surface area contributed by atoms with Crippen LogP contribution in [0, 0.1) is 0 Å². The third-order valence-electron chi connectivity index (χ3n) is 4.12. The van der Waals surface area contributed by atoms with E-state index in [1.165, 1.54) is 0 Å². The van der Waals surface area contributed by atoms with Crippen LogP contribution < -0.4 is 14.4 Å². The molecule has 1 aliphatic heterocycles. The molecule has 9 nitrogen and oxygen atoms in total. The highest BCUT2D eigenvalue weighted by atomic mass is 16.5. The smallest absolute Gasteiger partial charge is 0.341 e. The van der Waals surface area contributed by atoms with Gasteiger partial charge < -0.3 is 24.4 Å². The molecule has 1 N–H and O–H groups in total. The average molecular weight is 372 g/mol. The standard InChI is InChI=1S/C18H20N4O5/c1-26-15-5-6-19-18(20-15)22-9-7-21(8-10-22)17(25)13-3-2-4-14(11-13)27-12-16(23)24/h2-6,11H,7-10,12H2,1H3,(H,23,24). The number of nitrogens with zero attached hydrogens (tertiary/aromatic N) is 4. The Morgan fingerprint density at radius 1 is 1.19 bits per heavy atom. The Morgan fingerprint density at radius 2 is 1.96 bits per heavy atom. The van der Waals surface area contributed by atoms with E-state index in [0.29, 0.717) is 49.3 Å². The van der Waals surface area contributed by atoms with E-state index in [2.05, 4.69) is 9.97 Å². The number of methoxy groups -OCH3 is 1. The molecule has 1 aliphatic rings. The lowest BCUT2D eigenvalue weighted by Gasteiger charge is -2.34. The molecule has 1 aromatic carbocycles. The average Bonchev–Trinajstić information content (AvgIpc) is 2.72. The highest BCUT2D eigenvalue weighted by Crippen LogP contribution is 2.18. The molecule has 9 heteroatoms. The van der Waals surface area contributed by atoms with Gasteiger partial charge in [0.25, 0.3) is 5.91 Å². The number of amides is 1. The monoisotopic (exact) mass is 372 g/mol. The molecule has 27 heavy (non-hydrogen) atoms. The number of hydrogen-bond donors (Lipinski definition) is 1. The molecule has 2 heterocycles. The molecule has 0 atom stereocenters. The SMILES string of the molecule is COc1ccnc(N2CCN(C(=O)c3cccc(OCC(=O)O)c3)CC2)n1. The van der Waals surface area contributed by atoms with Crippen LogP contribution in [0.3, 0.4) is 0 Å². The first kappa shape index (κ1) is 18.4. The molecule has 0 aliphatic carbocycles. The van der Waals surface area contributed by atoms with Gasteiger partial charge in [0, 0.05) is 44.0 Å². The van der Waals surface area contributed by atoms with Crippen molar-refractivity contribution in [1.29, 1.82) is 0 Å². The number of ether oxygens (including phenoxy) is 2. The van der Waals surface area contributed by atoms with Gasteiger partial charge in [-0.15, -0.1) is 0 Å². The summed E-state index contributed by atoms with van der Waals surface area (Å²) in [5.74, 6) is 0.235. The summed E-state index contributed by atoms with van der Waals surface area (Å²) in [6.07, 6.45) is 1.64. The Bertz CT molecular complexity index is 821. The topological polar surface area (TPSA) is 105 Å². The molecular weight excluding hydrogens is 352 g/mol. The lowest BCUT2D eigenvalue weighted by Crippen LogP contribution is -2.49. The summed E-state index contributed by atoms with van der Waals surface area (Å²) in [4.78, 5) is 35.6. The fourth-order valence-corrected chi connectivity index (χ4v) is 2.75. The highest BCUT2D eigenvalue weighted by molar-refractivity contribution is 5.94. The summed E-state index contributed by atoms with van der Waals surface area (Å²) >= 11 is 0. The summed E-state index contributed by atoms with van der Waals surface area (Å²) in [6.45, 7) is 1.82.